The van der Waals surface area contributed by atoms with E-state index in [4.69, 9.17) is 11.6 Å². The van der Waals surface area contributed by atoms with Gasteiger partial charge in [-0.25, -0.2) is 0 Å². The van der Waals surface area contributed by atoms with E-state index in [1.807, 2.05) is 14.0 Å². The summed E-state index contributed by atoms with van der Waals surface area (Å²) < 4.78 is 0. The van der Waals surface area contributed by atoms with Gasteiger partial charge in [0.1, 0.15) is 0 Å². The van der Waals surface area contributed by atoms with Gasteiger partial charge in [-0.05, 0) is 56.6 Å². The molecule has 1 aromatic carbocycles. The van der Waals surface area contributed by atoms with Crippen molar-refractivity contribution in [1.82, 2.24) is 10.2 Å². The van der Waals surface area contributed by atoms with Gasteiger partial charge in [-0.1, -0.05) is 23.7 Å². The first kappa shape index (κ1) is 12.9. The standard InChI is InChI=1S/C14H21ClN2/c1-11-3-4-12(7-14(11)15)9-17-6-5-13(10-17)8-16-2/h3-4,7,13,16H,5-6,8-10H2,1-2H3. The molecule has 0 aliphatic carbocycles. The maximum absolute atomic E-state index is 6.15. The van der Waals surface area contributed by atoms with Gasteiger partial charge in [-0.3, -0.25) is 4.90 Å². The number of nitrogens with zero attached hydrogens (tertiary/aromatic N) is 1. The van der Waals surface area contributed by atoms with Crippen LogP contribution >= 0.6 is 11.6 Å². The van der Waals surface area contributed by atoms with Crippen LogP contribution in [0.3, 0.4) is 0 Å². The molecule has 1 aliphatic rings. The summed E-state index contributed by atoms with van der Waals surface area (Å²) in [6.45, 7) is 6.61. The molecule has 3 heteroatoms. The Morgan fingerprint density at radius 1 is 1.47 bits per heavy atom. The highest BCUT2D eigenvalue weighted by Gasteiger charge is 2.21. The van der Waals surface area contributed by atoms with Crippen molar-refractivity contribution in [3.8, 4) is 0 Å². The van der Waals surface area contributed by atoms with E-state index in [2.05, 4.69) is 28.4 Å². The van der Waals surface area contributed by atoms with E-state index in [0.717, 1.165) is 29.6 Å². The molecule has 1 fully saturated rings. The number of hydrogen-bond donors (Lipinski definition) is 1. The van der Waals surface area contributed by atoms with Crippen LogP contribution in [0.5, 0.6) is 0 Å². The predicted molar refractivity (Wildman–Crippen MR) is 73.5 cm³/mol. The molecule has 0 bridgehead atoms. The number of hydrogen-bond acceptors (Lipinski definition) is 2. The van der Waals surface area contributed by atoms with Crippen molar-refractivity contribution in [2.24, 2.45) is 5.92 Å². The molecule has 0 saturated carbocycles. The second kappa shape index (κ2) is 5.85. The topological polar surface area (TPSA) is 15.3 Å². The van der Waals surface area contributed by atoms with Crippen LogP contribution in [0.1, 0.15) is 17.5 Å². The summed E-state index contributed by atoms with van der Waals surface area (Å²) in [5.74, 6) is 0.806. The van der Waals surface area contributed by atoms with Crippen LogP contribution in [0, 0.1) is 12.8 Å². The zero-order valence-corrected chi connectivity index (χ0v) is 11.4. The van der Waals surface area contributed by atoms with Gasteiger partial charge in [0.05, 0.1) is 0 Å². The molecule has 94 valence electrons. The smallest absolute Gasteiger partial charge is 0.0438 e. The summed E-state index contributed by atoms with van der Waals surface area (Å²) in [7, 11) is 2.03. The molecule has 1 aliphatic heterocycles. The molecular formula is C14H21ClN2. The summed E-state index contributed by atoms with van der Waals surface area (Å²) in [6, 6.07) is 6.40. The lowest BCUT2D eigenvalue weighted by Crippen LogP contribution is -2.24. The molecule has 0 amide bonds. The summed E-state index contributed by atoms with van der Waals surface area (Å²) in [5.41, 5.74) is 2.48. The van der Waals surface area contributed by atoms with Gasteiger partial charge in [0.15, 0.2) is 0 Å². The monoisotopic (exact) mass is 252 g/mol. The van der Waals surface area contributed by atoms with E-state index in [-0.39, 0.29) is 0 Å². The Labute approximate surface area is 109 Å². The van der Waals surface area contributed by atoms with Crippen molar-refractivity contribution in [3.05, 3.63) is 34.3 Å². The van der Waals surface area contributed by atoms with Crippen LogP contribution in [0.25, 0.3) is 0 Å². The third-order valence-electron chi connectivity index (χ3n) is 3.51. The number of aryl methyl sites for hydroxylation is 1. The third kappa shape index (κ3) is 3.44. The molecule has 1 saturated heterocycles. The van der Waals surface area contributed by atoms with Crippen LogP contribution in [-0.2, 0) is 6.54 Å². The van der Waals surface area contributed by atoms with Gasteiger partial charge in [-0.15, -0.1) is 0 Å². The Morgan fingerprint density at radius 3 is 3.00 bits per heavy atom. The summed E-state index contributed by atoms with van der Waals surface area (Å²) in [4.78, 5) is 2.52. The van der Waals surface area contributed by atoms with Crippen LogP contribution in [0.15, 0.2) is 18.2 Å². The first-order chi connectivity index (χ1) is 8.19. The van der Waals surface area contributed by atoms with Gasteiger partial charge in [0.2, 0.25) is 0 Å². The fraction of sp³-hybridized carbons (Fsp3) is 0.571. The lowest BCUT2D eigenvalue weighted by molar-refractivity contribution is 0.315. The van der Waals surface area contributed by atoms with Crippen molar-refractivity contribution in [3.63, 3.8) is 0 Å². The molecule has 1 atom stereocenters. The molecule has 17 heavy (non-hydrogen) atoms. The first-order valence-electron chi connectivity index (χ1n) is 6.31. The zero-order valence-electron chi connectivity index (χ0n) is 10.7. The molecule has 0 aromatic heterocycles. The Morgan fingerprint density at radius 2 is 2.29 bits per heavy atom. The molecule has 1 heterocycles. The lowest BCUT2D eigenvalue weighted by atomic mass is 10.1. The van der Waals surface area contributed by atoms with Crippen LogP contribution in [-0.4, -0.2) is 31.6 Å². The Balaban J connectivity index is 1.91. The second-order valence-electron chi connectivity index (χ2n) is 5.03. The van der Waals surface area contributed by atoms with E-state index in [9.17, 15) is 0 Å². The zero-order chi connectivity index (χ0) is 12.3. The van der Waals surface area contributed by atoms with Gasteiger partial charge in [-0.2, -0.15) is 0 Å². The van der Waals surface area contributed by atoms with E-state index in [0.29, 0.717) is 0 Å². The summed E-state index contributed by atoms with van der Waals surface area (Å²) in [5, 5.41) is 4.15. The van der Waals surface area contributed by atoms with Gasteiger partial charge in [0, 0.05) is 18.1 Å². The highest BCUT2D eigenvalue weighted by Crippen LogP contribution is 2.21. The SMILES string of the molecule is CNCC1CCN(Cc2ccc(C)c(Cl)c2)C1. The van der Waals surface area contributed by atoms with Crippen molar-refractivity contribution >= 4 is 11.6 Å². The fourth-order valence-corrected chi connectivity index (χ4v) is 2.71. The van der Waals surface area contributed by atoms with Crippen LogP contribution in [0.4, 0.5) is 0 Å². The number of nitrogens with one attached hydrogen (secondary N) is 1. The van der Waals surface area contributed by atoms with Crippen LogP contribution < -0.4 is 5.32 Å². The minimum atomic E-state index is 0.806. The maximum Gasteiger partial charge on any atom is 0.0438 e. The minimum absolute atomic E-state index is 0.806. The molecule has 2 nitrogen and oxygen atoms in total. The van der Waals surface area contributed by atoms with Crippen molar-refractivity contribution < 1.29 is 0 Å². The number of rotatable bonds is 4. The van der Waals surface area contributed by atoms with E-state index in [1.54, 1.807) is 0 Å². The summed E-state index contributed by atoms with van der Waals surface area (Å²) in [6.07, 6.45) is 1.31. The Kier molecular flexibility index (Phi) is 4.43. The average molecular weight is 253 g/mol. The lowest BCUT2D eigenvalue weighted by Gasteiger charge is -2.16. The fourth-order valence-electron chi connectivity index (χ4n) is 2.50. The molecule has 2 rings (SSSR count). The molecule has 0 radical (unpaired) electrons. The number of likely N-dealkylation sites (tertiary alicyclic amines) is 1. The van der Waals surface area contributed by atoms with Gasteiger partial charge in [0.25, 0.3) is 0 Å². The first-order valence-corrected chi connectivity index (χ1v) is 6.69. The quantitative estimate of drug-likeness (QED) is 0.887. The Hall–Kier alpha value is -0.570. The largest absolute Gasteiger partial charge is 0.319 e. The maximum atomic E-state index is 6.15. The minimum Gasteiger partial charge on any atom is -0.319 e. The second-order valence-corrected chi connectivity index (χ2v) is 5.44. The third-order valence-corrected chi connectivity index (χ3v) is 3.91. The van der Waals surface area contributed by atoms with Crippen molar-refractivity contribution in [2.45, 2.75) is 19.9 Å². The predicted octanol–water partition coefficient (Wildman–Crippen LogP) is 2.69. The molecular weight excluding hydrogens is 232 g/mol. The molecule has 0 spiro atoms. The van der Waals surface area contributed by atoms with Crippen molar-refractivity contribution in [1.29, 1.82) is 0 Å². The highest BCUT2D eigenvalue weighted by atomic mass is 35.5. The van der Waals surface area contributed by atoms with Gasteiger partial charge < -0.3 is 5.32 Å². The van der Waals surface area contributed by atoms with Crippen molar-refractivity contribution in [2.75, 3.05) is 26.7 Å². The summed E-state index contributed by atoms with van der Waals surface area (Å²) >= 11 is 6.15. The van der Waals surface area contributed by atoms with Gasteiger partial charge >= 0.3 is 0 Å². The van der Waals surface area contributed by atoms with E-state index in [1.165, 1.54) is 25.1 Å². The van der Waals surface area contributed by atoms with E-state index < -0.39 is 0 Å². The highest BCUT2D eigenvalue weighted by molar-refractivity contribution is 6.31. The normalized spacial score (nSPS) is 21.0. The molecule has 1 unspecified atom stereocenters. The van der Waals surface area contributed by atoms with Crippen LogP contribution in [0.2, 0.25) is 5.02 Å². The average Bonchev–Trinajstić information content (AvgIpc) is 2.72. The Bertz CT molecular complexity index is 378. The number of benzene rings is 1. The molecule has 1 N–H and O–H groups in total. The van der Waals surface area contributed by atoms with E-state index >= 15 is 0 Å². The molecule has 1 aromatic rings. The number of halogens is 1.